The summed E-state index contributed by atoms with van der Waals surface area (Å²) in [6.07, 6.45) is 6.39. The summed E-state index contributed by atoms with van der Waals surface area (Å²) in [4.78, 5) is 33.0. The van der Waals surface area contributed by atoms with Gasteiger partial charge in [0, 0.05) is 36.2 Å². The van der Waals surface area contributed by atoms with Crippen LogP contribution in [0.15, 0.2) is 42.7 Å². The molecular formula is C22H24N4O2. The normalized spacial score (nSPS) is 28.2. The number of rotatable bonds is 3. The molecule has 1 aromatic heterocycles. The fraction of sp³-hybridized carbons (Fsp3) is 0.409. The van der Waals surface area contributed by atoms with Gasteiger partial charge in [0.15, 0.2) is 0 Å². The minimum Gasteiger partial charge on any atom is -0.352 e. The zero-order valence-electron chi connectivity index (χ0n) is 15.9. The smallest absolute Gasteiger partial charge is 0.250 e. The van der Waals surface area contributed by atoms with Gasteiger partial charge in [0.2, 0.25) is 11.8 Å². The van der Waals surface area contributed by atoms with Gasteiger partial charge in [0.05, 0.1) is 5.92 Å². The van der Waals surface area contributed by atoms with Gasteiger partial charge in [-0.3, -0.25) is 19.5 Å². The third-order valence-corrected chi connectivity index (χ3v) is 6.68. The van der Waals surface area contributed by atoms with Crippen LogP contribution >= 0.6 is 0 Å². The number of hydrogen-bond donors (Lipinski definition) is 2. The average molecular weight is 376 g/mol. The second-order valence-electron chi connectivity index (χ2n) is 8.06. The van der Waals surface area contributed by atoms with Crippen LogP contribution in [0.25, 0.3) is 0 Å². The number of nitrogens with zero attached hydrogens (tertiary/aromatic N) is 2. The van der Waals surface area contributed by atoms with E-state index in [1.165, 1.54) is 0 Å². The first kappa shape index (κ1) is 17.4. The highest BCUT2D eigenvalue weighted by molar-refractivity contribution is 6.09. The topological polar surface area (TPSA) is 74.3 Å². The fourth-order valence-corrected chi connectivity index (χ4v) is 5.39. The van der Waals surface area contributed by atoms with Crippen LogP contribution in [0.1, 0.15) is 36.0 Å². The molecular weight excluding hydrogens is 352 g/mol. The monoisotopic (exact) mass is 376 g/mol. The van der Waals surface area contributed by atoms with Gasteiger partial charge in [-0.05, 0) is 56.0 Å². The number of benzene rings is 1. The molecule has 0 unspecified atom stereocenters. The van der Waals surface area contributed by atoms with Crippen LogP contribution in [0.4, 0.5) is 5.69 Å². The summed E-state index contributed by atoms with van der Waals surface area (Å²) in [5.74, 6) is -0.487. The van der Waals surface area contributed by atoms with Gasteiger partial charge in [0.25, 0.3) is 0 Å². The Bertz CT molecular complexity index is 959. The molecule has 0 bridgehead atoms. The number of para-hydroxylation sites is 1. The Labute approximate surface area is 164 Å². The van der Waals surface area contributed by atoms with Crippen LogP contribution in [0.5, 0.6) is 0 Å². The third-order valence-electron chi connectivity index (χ3n) is 6.68. The van der Waals surface area contributed by atoms with E-state index in [1.807, 2.05) is 37.3 Å². The van der Waals surface area contributed by atoms with Crippen molar-refractivity contribution in [2.45, 2.75) is 44.3 Å². The molecule has 6 nitrogen and oxygen atoms in total. The largest absolute Gasteiger partial charge is 0.352 e. The van der Waals surface area contributed by atoms with Crippen molar-refractivity contribution in [3.05, 3.63) is 59.4 Å². The Morgan fingerprint density at radius 3 is 3.07 bits per heavy atom. The van der Waals surface area contributed by atoms with Crippen molar-refractivity contribution in [3.63, 3.8) is 0 Å². The molecule has 5 rings (SSSR count). The van der Waals surface area contributed by atoms with Crippen LogP contribution in [0.2, 0.25) is 0 Å². The lowest BCUT2D eigenvalue weighted by Gasteiger charge is -2.36. The lowest BCUT2D eigenvalue weighted by Crippen LogP contribution is -2.54. The highest BCUT2D eigenvalue weighted by Gasteiger charge is 2.65. The van der Waals surface area contributed by atoms with Crippen molar-refractivity contribution in [1.82, 2.24) is 15.2 Å². The molecule has 0 radical (unpaired) electrons. The fourth-order valence-electron chi connectivity index (χ4n) is 5.39. The number of fused-ring (bicyclic) bond motifs is 4. The number of hydrogen-bond acceptors (Lipinski definition) is 4. The van der Waals surface area contributed by atoms with Crippen LogP contribution in [0, 0.1) is 12.8 Å². The van der Waals surface area contributed by atoms with Crippen LogP contribution in [0.3, 0.4) is 0 Å². The quantitative estimate of drug-likeness (QED) is 0.862. The predicted octanol–water partition coefficient (Wildman–Crippen LogP) is 2.34. The summed E-state index contributed by atoms with van der Waals surface area (Å²) in [7, 11) is 0. The van der Waals surface area contributed by atoms with Crippen molar-refractivity contribution < 1.29 is 9.59 Å². The first-order chi connectivity index (χ1) is 13.6. The minimum atomic E-state index is -0.880. The molecule has 1 aromatic carbocycles. The van der Waals surface area contributed by atoms with Gasteiger partial charge in [-0.1, -0.05) is 18.2 Å². The van der Waals surface area contributed by atoms with Gasteiger partial charge in [0.1, 0.15) is 5.54 Å². The number of aromatic nitrogens is 1. The number of anilines is 1. The molecule has 2 N–H and O–H groups in total. The molecule has 1 spiro atoms. The molecule has 4 heterocycles. The van der Waals surface area contributed by atoms with Crippen LogP contribution in [-0.4, -0.2) is 34.3 Å². The Morgan fingerprint density at radius 1 is 1.36 bits per heavy atom. The van der Waals surface area contributed by atoms with E-state index < -0.39 is 5.54 Å². The summed E-state index contributed by atoms with van der Waals surface area (Å²) in [6.45, 7) is 3.30. The van der Waals surface area contributed by atoms with E-state index in [2.05, 4.69) is 20.5 Å². The number of pyridine rings is 1. The molecule has 0 saturated carbocycles. The maximum Gasteiger partial charge on any atom is 0.250 e. The van der Waals surface area contributed by atoms with Crippen LogP contribution in [-0.2, 0) is 21.7 Å². The highest BCUT2D eigenvalue weighted by atomic mass is 16.2. The standard InChI is InChI=1S/C22H24N4O2/c1-14-12-23-9-8-15(14)13-24-20(27)18-11-16-5-4-10-26(16)22(18)17-6-2-3-7-19(17)25-21(22)28/h2-3,6-9,12,16,18H,4-5,10-11,13H2,1H3,(H,24,27)(H,25,28)/t16-,18-,22+/m1/s1. The number of carbonyl (C=O) groups excluding carboxylic acids is 2. The molecule has 2 fully saturated rings. The molecule has 3 aliphatic rings. The maximum absolute atomic E-state index is 13.3. The van der Waals surface area contributed by atoms with Crippen molar-refractivity contribution in [3.8, 4) is 0 Å². The molecule has 6 heteroatoms. The zero-order chi connectivity index (χ0) is 19.3. The van der Waals surface area contributed by atoms with Crippen LogP contribution < -0.4 is 10.6 Å². The number of aryl methyl sites for hydroxylation is 1. The molecule has 3 atom stereocenters. The summed E-state index contributed by atoms with van der Waals surface area (Å²) < 4.78 is 0. The number of carbonyl (C=O) groups is 2. The van der Waals surface area contributed by atoms with E-state index in [0.717, 1.165) is 48.2 Å². The molecule has 2 amide bonds. The number of amides is 2. The molecule has 144 valence electrons. The van der Waals surface area contributed by atoms with E-state index in [-0.39, 0.29) is 23.8 Å². The van der Waals surface area contributed by atoms with E-state index >= 15 is 0 Å². The first-order valence-electron chi connectivity index (χ1n) is 9.97. The SMILES string of the molecule is Cc1cnccc1CNC(=O)[C@H]1C[C@H]2CCCN2[C@]12C(=O)Nc1ccccc12. The van der Waals surface area contributed by atoms with Gasteiger partial charge >= 0.3 is 0 Å². The molecule has 3 aliphatic heterocycles. The second-order valence-corrected chi connectivity index (χ2v) is 8.06. The maximum atomic E-state index is 13.3. The predicted molar refractivity (Wildman–Crippen MR) is 105 cm³/mol. The Morgan fingerprint density at radius 2 is 2.21 bits per heavy atom. The van der Waals surface area contributed by atoms with E-state index in [1.54, 1.807) is 12.4 Å². The second kappa shape index (κ2) is 6.41. The first-order valence-corrected chi connectivity index (χ1v) is 9.97. The summed E-state index contributed by atoms with van der Waals surface area (Å²) in [6, 6.07) is 10.0. The Kier molecular flexibility index (Phi) is 3.98. The molecule has 28 heavy (non-hydrogen) atoms. The summed E-state index contributed by atoms with van der Waals surface area (Å²) >= 11 is 0. The highest BCUT2D eigenvalue weighted by Crippen LogP contribution is 2.55. The van der Waals surface area contributed by atoms with Crippen molar-refractivity contribution in [1.29, 1.82) is 0 Å². The zero-order valence-corrected chi connectivity index (χ0v) is 15.9. The van der Waals surface area contributed by atoms with Gasteiger partial charge in [-0.15, -0.1) is 0 Å². The lowest BCUT2D eigenvalue weighted by atomic mass is 9.78. The lowest BCUT2D eigenvalue weighted by molar-refractivity contribution is -0.137. The van der Waals surface area contributed by atoms with Gasteiger partial charge < -0.3 is 10.6 Å². The van der Waals surface area contributed by atoms with Crippen molar-refractivity contribution in [2.24, 2.45) is 5.92 Å². The molecule has 0 aliphatic carbocycles. The summed E-state index contributed by atoms with van der Waals surface area (Å²) in [5, 5.41) is 6.14. The summed E-state index contributed by atoms with van der Waals surface area (Å²) in [5.41, 5.74) is 3.00. The van der Waals surface area contributed by atoms with Crippen molar-refractivity contribution >= 4 is 17.5 Å². The van der Waals surface area contributed by atoms with E-state index in [4.69, 9.17) is 0 Å². The van der Waals surface area contributed by atoms with E-state index in [9.17, 15) is 9.59 Å². The third kappa shape index (κ3) is 2.34. The number of nitrogens with one attached hydrogen (secondary N) is 2. The Hall–Kier alpha value is -2.73. The van der Waals surface area contributed by atoms with Gasteiger partial charge in [-0.2, -0.15) is 0 Å². The van der Waals surface area contributed by atoms with Crippen molar-refractivity contribution in [2.75, 3.05) is 11.9 Å². The Balaban J connectivity index is 1.49. The minimum absolute atomic E-state index is 0.0440. The van der Waals surface area contributed by atoms with Gasteiger partial charge in [-0.25, -0.2) is 0 Å². The molecule has 2 saturated heterocycles. The average Bonchev–Trinajstić information content (AvgIpc) is 3.35. The molecule has 2 aromatic rings. The van der Waals surface area contributed by atoms with E-state index in [0.29, 0.717) is 6.54 Å².